The second kappa shape index (κ2) is 5.52. The molecule has 0 aliphatic heterocycles. The number of anilines is 1. The first-order chi connectivity index (χ1) is 8.65. The van der Waals surface area contributed by atoms with Crippen LogP contribution in [0.5, 0.6) is 0 Å². The molecular weight excluding hydrogens is 292 g/mol. The molecule has 5 heteroatoms. The van der Waals surface area contributed by atoms with E-state index in [1.165, 1.54) is 5.56 Å². The molecule has 1 N–H and O–H groups in total. The molecule has 1 aromatic heterocycles. The fraction of sp³-hybridized carbons (Fsp3) is 0.385. The molecule has 1 aromatic carbocycles. The maximum Gasteiger partial charge on any atom is 0.224 e. The Morgan fingerprint density at radius 2 is 2.00 bits per heavy atom. The lowest BCUT2D eigenvalue weighted by atomic mass is 10.1. The van der Waals surface area contributed by atoms with Gasteiger partial charge in [-0.25, -0.2) is 0 Å². The number of aromatic nitrogens is 3. The molecular formula is C13H17BrN4. The Balaban J connectivity index is 2.49. The normalized spacial score (nSPS) is 10.7. The van der Waals surface area contributed by atoms with E-state index < -0.39 is 0 Å². The maximum atomic E-state index is 4.29. The van der Waals surface area contributed by atoms with Crippen molar-refractivity contribution >= 4 is 21.9 Å². The smallest absolute Gasteiger partial charge is 0.224 e. The quantitative estimate of drug-likeness (QED) is 0.940. The number of rotatable bonds is 4. The van der Waals surface area contributed by atoms with Gasteiger partial charge in [-0.2, -0.15) is 0 Å². The third-order valence-corrected chi connectivity index (χ3v) is 3.16. The Labute approximate surface area is 116 Å². The highest BCUT2D eigenvalue weighted by Crippen LogP contribution is 2.25. The van der Waals surface area contributed by atoms with Crippen LogP contribution in [0, 0.1) is 6.92 Å². The predicted molar refractivity (Wildman–Crippen MR) is 77.7 cm³/mol. The summed E-state index contributed by atoms with van der Waals surface area (Å²) in [5.74, 6) is 1.73. The lowest BCUT2D eigenvalue weighted by Gasteiger charge is -2.08. The Morgan fingerprint density at radius 1 is 1.22 bits per heavy atom. The number of halogens is 1. The second-order valence-corrected chi connectivity index (χ2v) is 5.05. The van der Waals surface area contributed by atoms with Crippen LogP contribution in [-0.2, 0) is 6.54 Å². The average Bonchev–Trinajstić information content (AvgIpc) is 2.71. The van der Waals surface area contributed by atoms with Gasteiger partial charge < -0.3 is 5.32 Å². The molecule has 0 aliphatic rings. The standard InChI is InChI=1S/C13H17BrN4/c1-4-15-13-17-16-12(18(13)5-2)10-6-9(3)7-11(14)8-10/h6-8H,4-5H2,1-3H3,(H,15,17). The van der Waals surface area contributed by atoms with Gasteiger partial charge in [-0.05, 0) is 44.5 Å². The van der Waals surface area contributed by atoms with E-state index in [9.17, 15) is 0 Å². The van der Waals surface area contributed by atoms with E-state index in [1.54, 1.807) is 0 Å². The molecule has 0 fully saturated rings. The van der Waals surface area contributed by atoms with Crippen molar-refractivity contribution in [3.63, 3.8) is 0 Å². The Bertz CT molecular complexity index is 528. The van der Waals surface area contributed by atoms with Crippen LogP contribution in [0.4, 0.5) is 5.95 Å². The third kappa shape index (κ3) is 2.56. The molecule has 0 atom stereocenters. The van der Waals surface area contributed by atoms with Crippen LogP contribution in [0.25, 0.3) is 11.4 Å². The largest absolute Gasteiger partial charge is 0.355 e. The Hall–Kier alpha value is -1.36. The van der Waals surface area contributed by atoms with Crippen LogP contribution >= 0.6 is 15.9 Å². The highest BCUT2D eigenvalue weighted by molar-refractivity contribution is 9.10. The maximum absolute atomic E-state index is 4.29. The zero-order chi connectivity index (χ0) is 13.1. The summed E-state index contributed by atoms with van der Waals surface area (Å²) >= 11 is 3.52. The molecule has 0 saturated carbocycles. The van der Waals surface area contributed by atoms with Crippen molar-refractivity contribution in [1.82, 2.24) is 14.8 Å². The zero-order valence-electron chi connectivity index (χ0n) is 10.9. The molecule has 0 spiro atoms. The second-order valence-electron chi connectivity index (χ2n) is 4.14. The van der Waals surface area contributed by atoms with E-state index >= 15 is 0 Å². The number of aryl methyl sites for hydroxylation is 1. The van der Waals surface area contributed by atoms with Crippen molar-refractivity contribution in [2.24, 2.45) is 0 Å². The lowest BCUT2D eigenvalue weighted by molar-refractivity contribution is 0.770. The van der Waals surface area contributed by atoms with Gasteiger partial charge in [0.25, 0.3) is 0 Å². The molecule has 2 rings (SSSR count). The molecule has 0 amide bonds. The van der Waals surface area contributed by atoms with Gasteiger partial charge in [-0.15, -0.1) is 10.2 Å². The van der Waals surface area contributed by atoms with E-state index in [2.05, 4.69) is 75.0 Å². The van der Waals surface area contributed by atoms with E-state index in [0.29, 0.717) is 0 Å². The first kappa shape index (κ1) is 13.1. The highest BCUT2D eigenvalue weighted by atomic mass is 79.9. The van der Waals surface area contributed by atoms with Gasteiger partial charge in [0, 0.05) is 23.1 Å². The summed E-state index contributed by atoms with van der Waals surface area (Å²) in [6.45, 7) is 7.91. The molecule has 1 heterocycles. The summed E-state index contributed by atoms with van der Waals surface area (Å²) in [6, 6.07) is 6.27. The average molecular weight is 309 g/mol. The van der Waals surface area contributed by atoms with E-state index in [4.69, 9.17) is 0 Å². The van der Waals surface area contributed by atoms with Gasteiger partial charge in [0.2, 0.25) is 5.95 Å². The van der Waals surface area contributed by atoms with Crippen LogP contribution in [0.3, 0.4) is 0 Å². The van der Waals surface area contributed by atoms with E-state index in [0.717, 1.165) is 34.9 Å². The van der Waals surface area contributed by atoms with Gasteiger partial charge >= 0.3 is 0 Å². The zero-order valence-corrected chi connectivity index (χ0v) is 12.5. The summed E-state index contributed by atoms with van der Waals surface area (Å²) in [5.41, 5.74) is 2.29. The summed E-state index contributed by atoms with van der Waals surface area (Å²) < 4.78 is 3.15. The molecule has 0 bridgehead atoms. The molecule has 0 radical (unpaired) electrons. The molecule has 18 heavy (non-hydrogen) atoms. The van der Waals surface area contributed by atoms with Gasteiger partial charge in [0.15, 0.2) is 5.82 Å². The van der Waals surface area contributed by atoms with Gasteiger partial charge in [-0.1, -0.05) is 15.9 Å². The van der Waals surface area contributed by atoms with Crippen LogP contribution < -0.4 is 5.32 Å². The summed E-state index contributed by atoms with van der Waals surface area (Å²) in [5, 5.41) is 11.7. The number of hydrogen-bond donors (Lipinski definition) is 1. The molecule has 2 aromatic rings. The summed E-state index contributed by atoms with van der Waals surface area (Å²) in [6.07, 6.45) is 0. The minimum Gasteiger partial charge on any atom is -0.355 e. The molecule has 0 saturated heterocycles. The first-order valence-corrected chi connectivity index (χ1v) is 6.89. The van der Waals surface area contributed by atoms with Crippen molar-refractivity contribution in [3.05, 3.63) is 28.2 Å². The summed E-state index contributed by atoms with van der Waals surface area (Å²) in [4.78, 5) is 0. The van der Waals surface area contributed by atoms with E-state index in [1.807, 2.05) is 0 Å². The van der Waals surface area contributed by atoms with Gasteiger partial charge in [-0.3, -0.25) is 4.57 Å². The molecule has 0 unspecified atom stereocenters. The Morgan fingerprint density at radius 3 is 2.61 bits per heavy atom. The van der Waals surface area contributed by atoms with E-state index in [-0.39, 0.29) is 0 Å². The lowest BCUT2D eigenvalue weighted by Crippen LogP contribution is -2.06. The van der Waals surface area contributed by atoms with Crippen molar-refractivity contribution in [2.75, 3.05) is 11.9 Å². The van der Waals surface area contributed by atoms with Crippen LogP contribution in [0.15, 0.2) is 22.7 Å². The minimum atomic E-state index is 0.827. The van der Waals surface area contributed by atoms with Crippen molar-refractivity contribution in [2.45, 2.75) is 27.3 Å². The molecule has 96 valence electrons. The topological polar surface area (TPSA) is 42.7 Å². The number of benzene rings is 1. The minimum absolute atomic E-state index is 0.827. The van der Waals surface area contributed by atoms with Crippen molar-refractivity contribution in [3.8, 4) is 11.4 Å². The predicted octanol–water partition coefficient (Wildman–Crippen LogP) is 3.47. The van der Waals surface area contributed by atoms with Gasteiger partial charge in [0.1, 0.15) is 0 Å². The number of nitrogens with zero attached hydrogens (tertiary/aromatic N) is 3. The molecule has 4 nitrogen and oxygen atoms in total. The monoisotopic (exact) mass is 308 g/mol. The number of nitrogens with one attached hydrogen (secondary N) is 1. The number of hydrogen-bond acceptors (Lipinski definition) is 3. The van der Waals surface area contributed by atoms with Crippen molar-refractivity contribution in [1.29, 1.82) is 0 Å². The van der Waals surface area contributed by atoms with Crippen molar-refractivity contribution < 1.29 is 0 Å². The van der Waals surface area contributed by atoms with Crippen LogP contribution in [0.2, 0.25) is 0 Å². The van der Waals surface area contributed by atoms with Crippen LogP contribution in [-0.4, -0.2) is 21.3 Å². The highest BCUT2D eigenvalue weighted by Gasteiger charge is 2.12. The third-order valence-electron chi connectivity index (χ3n) is 2.70. The fourth-order valence-electron chi connectivity index (χ4n) is 1.97. The van der Waals surface area contributed by atoms with Crippen LogP contribution in [0.1, 0.15) is 19.4 Å². The SMILES string of the molecule is CCNc1nnc(-c2cc(C)cc(Br)c2)n1CC. The fourth-order valence-corrected chi connectivity index (χ4v) is 2.58. The Kier molecular flexibility index (Phi) is 4.01. The van der Waals surface area contributed by atoms with Gasteiger partial charge in [0.05, 0.1) is 0 Å². The first-order valence-electron chi connectivity index (χ1n) is 6.10. The molecule has 0 aliphatic carbocycles. The summed E-state index contributed by atoms with van der Waals surface area (Å²) in [7, 11) is 0.